The van der Waals surface area contributed by atoms with E-state index in [1.165, 1.54) is 0 Å². The first kappa shape index (κ1) is 15.4. The number of unbranched alkanes of at least 4 members (excludes halogenated alkanes) is 1. The second-order valence-corrected chi connectivity index (χ2v) is 6.27. The maximum Gasteiger partial charge on any atom is 0.256 e. The third kappa shape index (κ3) is 3.98. The highest BCUT2D eigenvalue weighted by molar-refractivity contribution is 7.99. The van der Waals surface area contributed by atoms with Crippen LogP contribution in [0.2, 0.25) is 0 Å². The number of para-hydroxylation sites is 2. The number of hydrogen-bond donors (Lipinski definition) is 2. The van der Waals surface area contributed by atoms with Crippen molar-refractivity contribution < 1.29 is 9.52 Å². The van der Waals surface area contributed by atoms with Crippen LogP contribution in [0.25, 0.3) is 11.1 Å². The van der Waals surface area contributed by atoms with Crippen LogP contribution in [0, 0.1) is 0 Å². The minimum atomic E-state index is -0.164. The Morgan fingerprint density at radius 1 is 1.35 bits per heavy atom. The van der Waals surface area contributed by atoms with E-state index >= 15 is 0 Å². The Morgan fingerprint density at radius 3 is 2.85 bits per heavy atom. The number of nitrogens with one attached hydrogen (secondary N) is 1. The van der Waals surface area contributed by atoms with E-state index in [4.69, 9.17) is 4.42 Å². The molecule has 2 N–H and O–H groups in total. The van der Waals surface area contributed by atoms with Crippen LogP contribution in [-0.2, 0) is 0 Å². The summed E-state index contributed by atoms with van der Waals surface area (Å²) in [5.41, 5.74) is 1.60. The maximum absolute atomic E-state index is 9.31. The lowest BCUT2D eigenvalue weighted by atomic mass is 9.96. The van der Waals surface area contributed by atoms with Gasteiger partial charge in [-0.25, -0.2) is 4.98 Å². The lowest BCUT2D eigenvalue weighted by Crippen LogP contribution is -2.43. The van der Waals surface area contributed by atoms with E-state index in [0.717, 1.165) is 41.3 Å². The molecule has 0 spiro atoms. The number of aromatic nitrogens is 1. The monoisotopic (exact) mass is 294 g/mol. The van der Waals surface area contributed by atoms with Gasteiger partial charge in [0.1, 0.15) is 5.52 Å². The van der Waals surface area contributed by atoms with Crippen LogP contribution in [0.4, 0.5) is 0 Å². The molecule has 0 radical (unpaired) electrons. The van der Waals surface area contributed by atoms with Crippen molar-refractivity contribution in [2.75, 3.05) is 19.4 Å². The molecular weight excluding hydrogens is 272 g/mol. The first-order chi connectivity index (χ1) is 9.67. The molecule has 110 valence electrons. The van der Waals surface area contributed by atoms with Crippen molar-refractivity contribution in [1.29, 1.82) is 0 Å². The summed E-state index contributed by atoms with van der Waals surface area (Å²) in [6.45, 7) is 2.21. The SMILES string of the molecule is CNC(C)(CO)CCCCSc1nc2ccccc2o1. The number of fused-ring (bicyclic) bond motifs is 1. The molecule has 1 aromatic heterocycles. The van der Waals surface area contributed by atoms with Gasteiger partial charge in [0.25, 0.3) is 5.22 Å². The Bertz CT molecular complexity index is 504. The number of likely N-dealkylation sites (N-methyl/N-ethyl adjacent to an activating group) is 1. The molecule has 1 heterocycles. The summed E-state index contributed by atoms with van der Waals surface area (Å²) in [6.07, 6.45) is 3.12. The number of thioether (sulfide) groups is 1. The Morgan fingerprint density at radius 2 is 2.15 bits per heavy atom. The van der Waals surface area contributed by atoms with Crippen molar-refractivity contribution in [2.24, 2.45) is 0 Å². The van der Waals surface area contributed by atoms with Gasteiger partial charge < -0.3 is 14.8 Å². The van der Waals surface area contributed by atoms with Gasteiger partial charge in [-0.1, -0.05) is 30.3 Å². The molecule has 0 saturated carbocycles. The van der Waals surface area contributed by atoms with E-state index in [2.05, 4.69) is 10.3 Å². The van der Waals surface area contributed by atoms with E-state index in [0.29, 0.717) is 0 Å². The topological polar surface area (TPSA) is 58.3 Å². The second-order valence-electron chi connectivity index (χ2n) is 5.22. The molecule has 0 saturated heterocycles. The molecule has 0 aliphatic rings. The molecule has 2 aromatic rings. The maximum atomic E-state index is 9.31. The number of nitrogens with zero attached hydrogens (tertiary/aromatic N) is 1. The molecule has 1 aromatic carbocycles. The van der Waals surface area contributed by atoms with Gasteiger partial charge in [-0.3, -0.25) is 0 Å². The summed E-state index contributed by atoms with van der Waals surface area (Å²) < 4.78 is 5.66. The highest BCUT2D eigenvalue weighted by Gasteiger charge is 2.19. The summed E-state index contributed by atoms with van der Waals surface area (Å²) in [5, 5.41) is 13.2. The van der Waals surface area contributed by atoms with Gasteiger partial charge in [0.05, 0.1) is 6.61 Å². The summed E-state index contributed by atoms with van der Waals surface area (Å²) in [5.74, 6) is 0.984. The Hall–Kier alpha value is -1.04. The van der Waals surface area contributed by atoms with E-state index in [9.17, 15) is 5.11 Å². The first-order valence-corrected chi connectivity index (χ1v) is 7.93. The highest BCUT2D eigenvalue weighted by atomic mass is 32.2. The van der Waals surface area contributed by atoms with Crippen LogP contribution < -0.4 is 5.32 Å². The zero-order valence-corrected chi connectivity index (χ0v) is 12.9. The fourth-order valence-corrected chi connectivity index (χ4v) is 2.81. The molecule has 0 bridgehead atoms. The number of aliphatic hydroxyl groups is 1. The number of rotatable bonds is 8. The summed E-state index contributed by atoms with van der Waals surface area (Å²) in [6, 6.07) is 7.82. The van der Waals surface area contributed by atoms with Gasteiger partial charge in [0, 0.05) is 11.3 Å². The summed E-state index contributed by atoms with van der Waals surface area (Å²) in [7, 11) is 1.89. The lowest BCUT2D eigenvalue weighted by Gasteiger charge is -2.26. The van der Waals surface area contributed by atoms with Crippen molar-refractivity contribution in [2.45, 2.75) is 36.9 Å². The van der Waals surface area contributed by atoms with E-state index < -0.39 is 0 Å². The van der Waals surface area contributed by atoms with Crippen molar-refractivity contribution in [3.63, 3.8) is 0 Å². The smallest absolute Gasteiger partial charge is 0.256 e. The number of oxazole rings is 1. The lowest BCUT2D eigenvalue weighted by molar-refractivity contribution is 0.171. The quantitative estimate of drug-likeness (QED) is 0.579. The van der Waals surface area contributed by atoms with Crippen LogP contribution in [-0.4, -0.2) is 35.0 Å². The summed E-state index contributed by atoms with van der Waals surface area (Å²) in [4.78, 5) is 4.44. The Balaban J connectivity index is 1.73. The van der Waals surface area contributed by atoms with Gasteiger partial charge in [0.15, 0.2) is 5.58 Å². The fraction of sp³-hybridized carbons (Fsp3) is 0.533. The van der Waals surface area contributed by atoms with E-state index in [-0.39, 0.29) is 12.1 Å². The highest BCUT2D eigenvalue weighted by Crippen LogP contribution is 2.24. The molecule has 0 aliphatic heterocycles. The Kier molecular flexibility index (Phi) is 5.46. The van der Waals surface area contributed by atoms with Gasteiger partial charge in [0.2, 0.25) is 0 Å². The zero-order chi connectivity index (χ0) is 14.4. The van der Waals surface area contributed by atoms with Crippen LogP contribution in [0.15, 0.2) is 33.9 Å². The summed E-state index contributed by atoms with van der Waals surface area (Å²) >= 11 is 1.65. The first-order valence-electron chi connectivity index (χ1n) is 6.95. The van der Waals surface area contributed by atoms with Crippen LogP contribution >= 0.6 is 11.8 Å². The number of hydrogen-bond acceptors (Lipinski definition) is 5. The van der Waals surface area contributed by atoms with Crippen molar-refractivity contribution in [3.05, 3.63) is 24.3 Å². The molecule has 1 unspecified atom stereocenters. The number of aliphatic hydroxyl groups excluding tert-OH is 1. The van der Waals surface area contributed by atoms with E-state index in [1.54, 1.807) is 11.8 Å². The Labute approximate surface area is 124 Å². The fourth-order valence-electron chi connectivity index (χ4n) is 1.97. The molecular formula is C15H22N2O2S. The van der Waals surface area contributed by atoms with Crippen molar-refractivity contribution in [3.8, 4) is 0 Å². The van der Waals surface area contributed by atoms with Crippen molar-refractivity contribution in [1.82, 2.24) is 10.3 Å². The molecule has 5 heteroatoms. The second kappa shape index (κ2) is 7.11. The van der Waals surface area contributed by atoms with Gasteiger partial charge in [-0.05, 0) is 38.9 Å². The molecule has 0 fully saturated rings. The molecule has 0 aliphatic carbocycles. The van der Waals surface area contributed by atoms with Gasteiger partial charge in [-0.15, -0.1) is 0 Å². The molecule has 0 amide bonds. The predicted molar refractivity (Wildman–Crippen MR) is 83.1 cm³/mol. The molecule has 4 nitrogen and oxygen atoms in total. The standard InChI is InChI=1S/C15H22N2O2S/c1-15(11-18,16-2)9-5-6-10-20-14-17-12-7-3-4-8-13(12)19-14/h3-4,7-8,16,18H,5-6,9-11H2,1-2H3. The minimum Gasteiger partial charge on any atom is -0.431 e. The zero-order valence-electron chi connectivity index (χ0n) is 12.1. The third-order valence-electron chi connectivity index (χ3n) is 3.58. The van der Waals surface area contributed by atoms with Crippen molar-refractivity contribution >= 4 is 22.9 Å². The van der Waals surface area contributed by atoms with Crippen LogP contribution in [0.1, 0.15) is 26.2 Å². The average Bonchev–Trinajstić information content (AvgIpc) is 2.89. The largest absolute Gasteiger partial charge is 0.431 e. The predicted octanol–water partition coefficient (Wildman–Crippen LogP) is 3.06. The molecule has 1 atom stereocenters. The van der Waals surface area contributed by atoms with Crippen LogP contribution in [0.5, 0.6) is 0 Å². The van der Waals surface area contributed by atoms with E-state index in [1.807, 2.05) is 38.2 Å². The van der Waals surface area contributed by atoms with Crippen LogP contribution in [0.3, 0.4) is 0 Å². The normalized spacial score (nSPS) is 14.6. The third-order valence-corrected chi connectivity index (χ3v) is 4.49. The molecule has 2 rings (SSSR count). The minimum absolute atomic E-state index is 0.164. The van der Waals surface area contributed by atoms with Gasteiger partial charge in [-0.2, -0.15) is 0 Å². The van der Waals surface area contributed by atoms with Gasteiger partial charge >= 0.3 is 0 Å². The average molecular weight is 294 g/mol. The molecule has 20 heavy (non-hydrogen) atoms. The number of benzene rings is 1.